The van der Waals surface area contributed by atoms with Crippen LogP contribution in [-0.4, -0.2) is 67.0 Å². The standard InChI is InChI=1S/C28H35N7/c1-32-15-22(14-29)20-4-5-24(30)23(12-20)27(31)26-13-21-11-19(3-6-25(21)33-26)16-35-10-8-28(18-35)7-9-34(2)17-28/h3-6,11-15,29,31-33H,7-10,16-18,30H2,1-2H3/b22-15+,29-14?,31-27?. The smallest absolute Gasteiger partial charge is 0.0868 e. The highest BCUT2D eigenvalue weighted by molar-refractivity contribution is 6.16. The fraction of sp³-hybridized carbons (Fsp3) is 0.357. The summed E-state index contributed by atoms with van der Waals surface area (Å²) in [6.45, 7) is 5.78. The first-order valence-electron chi connectivity index (χ1n) is 12.3. The molecule has 2 aliphatic rings. The Morgan fingerprint density at radius 3 is 2.71 bits per heavy atom. The maximum atomic E-state index is 8.87. The van der Waals surface area contributed by atoms with Crippen LogP contribution in [0.1, 0.15) is 35.2 Å². The van der Waals surface area contributed by atoms with Crippen LogP contribution in [0.25, 0.3) is 16.5 Å². The van der Waals surface area contributed by atoms with E-state index in [2.05, 4.69) is 45.3 Å². The van der Waals surface area contributed by atoms with Crippen molar-refractivity contribution in [2.75, 3.05) is 46.0 Å². The number of fused-ring (bicyclic) bond motifs is 1. The van der Waals surface area contributed by atoms with Crippen molar-refractivity contribution < 1.29 is 0 Å². The number of anilines is 1. The molecule has 0 amide bonds. The number of nitrogens with one attached hydrogen (secondary N) is 4. The maximum Gasteiger partial charge on any atom is 0.0868 e. The van der Waals surface area contributed by atoms with Crippen molar-refractivity contribution in [2.45, 2.75) is 19.4 Å². The molecule has 1 aromatic heterocycles. The van der Waals surface area contributed by atoms with Gasteiger partial charge in [0.2, 0.25) is 0 Å². The van der Waals surface area contributed by atoms with Gasteiger partial charge in [0.05, 0.1) is 11.4 Å². The van der Waals surface area contributed by atoms with Gasteiger partial charge < -0.3 is 26.3 Å². The van der Waals surface area contributed by atoms with Gasteiger partial charge in [-0.2, -0.15) is 0 Å². The molecule has 0 aliphatic carbocycles. The molecule has 1 spiro atoms. The molecular weight excluding hydrogens is 434 g/mol. The highest BCUT2D eigenvalue weighted by atomic mass is 15.2. The summed E-state index contributed by atoms with van der Waals surface area (Å²) < 4.78 is 0. The Bertz CT molecular complexity index is 1300. The third kappa shape index (κ3) is 4.61. The molecule has 1 atom stereocenters. The third-order valence-corrected chi connectivity index (χ3v) is 7.62. The number of nitrogens with zero attached hydrogens (tertiary/aromatic N) is 2. The van der Waals surface area contributed by atoms with Crippen LogP contribution in [0.5, 0.6) is 0 Å². The van der Waals surface area contributed by atoms with E-state index in [-0.39, 0.29) is 0 Å². The van der Waals surface area contributed by atoms with E-state index >= 15 is 0 Å². The Balaban J connectivity index is 1.35. The fourth-order valence-electron chi connectivity index (χ4n) is 5.79. The molecule has 2 aromatic carbocycles. The first-order valence-corrected chi connectivity index (χ1v) is 12.3. The largest absolute Gasteiger partial charge is 0.398 e. The molecule has 3 aromatic rings. The Labute approximate surface area is 207 Å². The molecule has 1 unspecified atom stereocenters. The molecule has 3 heterocycles. The maximum absolute atomic E-state index is 8.87. The quantitative estimate of drug-likeness (QED) is 0.267. The third-order valence-electron chi connectivity index (χ3n) is 7.62. The molecule has 5 rings (SSSR count). The molecule has 7 heteroatoms. The van der Waals surface area contributed by atoms with E-state index in [1.807, 2.05) is 18.2 Å². The Morgan fingerprint density at radius 2 is 1.97 bits per heavy atom. The average Bonchev–Trinajstić information content (AvgIpc) is 3.55. The van der Waals surface area contributed by atoms with Crippen LogP contribution in [-0.2, 0) is 6.54 Å². The van der Waals surface area contributed by atoms with E-state index in [9.17, 15) is 0 Å². The first kappa shape index (κ1) is 23.3. The number of hydrogen-bond donors (Lipinski definition) is 5. The van der Waals surface area contributed by atoms with Crippen LogP contribution in [0, 0.1) is 16.2 Å². The number of nitrogens with two attached hydrogens (primary N) is 1. The van der Waals surface area contributed by atoms with Crippen LogP contribution >= 0.6 is 0 Å². The number of hydrogen-bond acceptors (Lipinski definition) is 6. The van der Waals surface area contributed by atoms with Crippen molar-refractivity contribution in [2.24, 2.45) is 5.41 Å². The number of rotatable bonds is 7. The normalized spacial score (nSPS) is 21.3. The van der Waals surface area contributed by atoms with E-state index in [0.29, 0.717) is 22.4 Å². The molecule has 2 fully saturated rings. The highest BCUT2D eigenvalue weighted by Crippen LogP contribution is 2.39. The van der Waals surface area contributed by atoms with Crippen molar-refractivity contribution in [3.8, 4) is 0 Å². The van der Waals surface area contributed by atoms with Crippen molar-refractivity contribution in [1.29, 1.82) is 10.8 Å². The van der Waals surface area contributed by atoms with Gasteiger partial charge >= 0.3 is 0 Å². The summed E-state index contributed by atoms with van der Waals surface area (Å²) in [7, 11) is 4.04. The molecular formula is C28H35N7. The van der Waals surface area contributed by atoms with Gasteiger partial charge in [0.25, 0.3) is 0 Å². The Kier molecular flexibility index (Phi) is 6.21. The van der Waals surface area contributed by atoms with E-state index in [1.165, 1.54) is 50.8 Å². The summed E-state index contributed by atoms with van der Waals surface area (Å²) in [4.78, 5) is 8.47. The molecule has 35 heavy (non-hydrogen) atoms. The van der Waals surface area contributed by atoms with E-state index < -0.39 is 0 Å². The fourth-order valence-corrected chi connectivity index (χ4v) is 5.79. The van der Waals surface area contributed by atoms with Gasteiger partial charge in [0.15, 0.2) is 0 Å². The lowest BCUT2D eigenvalue weighted by Crippen LogP contribution is -2.29. The summed E-state index contributed by atoms with van der Waals surface area (Å²) in [6, 6.07) is 14.2. The average molecular weight is 470 g/mol. The first-order chi connectivity index (χ1) is 16.9. The van der Waals surface area contributed by atoms with Crippen LogP contribution in [0.15, 0.2) is 48.7 Å². The lowest BCUT2D eigenvalue weighted by molar-refractivity contribution is 0.250. The molecule has 0 bridgehead atoms. The summed E-state index contributed by atoms with van der Waals surface area (Å²) >= 11 is 0. The van der Waals surface area contributed by atoms with Crippen LogP contribution in [0.3, 0.4) is 0 Å². The molecule has 182 valence electrons. The predicted octanol–water partition coefficient (Wildman–Crippen LogP) is 3.90. The monoisotopic (exact) mass is 469 g/mol. The van der Waals surface area contributed by atoms with Crippen molar-refractivity contribution >= 4 is 34.1 Å². The minimum atomic E-state index is 0.350. The zero-order valence-electron chi connectivity index (χ0n) is 20.6. The number of H-pyrrole nitrogens is 1. The van der Waals surface area contributed by atoms with Gasteiger partial charge in [-0.1, -0.05) is 12.1 Å². The van der Waals surface area contributed by atoms with E-state index in [0.717, 1.165) is 34.3 Å². The minimum Gasteiger partial charge on any atom is -0.398 e. The Morgan fingerprint density at radius 1 is 1.14 bits per heavy atom. The van der Waals surface area contributed by atoms with E-state index in [1.54, 1.807) is 19.3 Å². The molecule has 0 radical (unpaired) electrons. The molecule has 6 N–H and O–H groups in total. The van der Waals surface area contributed by atoms with Gasteiger partial charge in [-0.15, -0.1) is 0 Å². The van der Waals surface area contributed by atoms with Gasteiger partial charge in [0, 0.05) is 66.8 Å². The second-order valence-corrected chi connectivity index (χ2v) is 10.3. The summed E-state index contributed by atoms with van der Waals surface area (Å²) in [6.07, 6.45) is 5.68. The number of allylic oxidation sites excluding steroid dienone is 1. The second-order valence-electron chi connectivity index (χ2n) is 10.3. The minimum absolute atomic E-state index is 0.350. The second kappa shape index (κ2) is 9.32. The van der Waals surface area contributed by atoms with Crippen LogP contribution in [0.4, 0.5) is 5.69 Å². The summed E-state index contributed by atoms with van der Waals surface area (Å²) in [5.74, 6) is 0. The molecule has 7 nitrogen and oxygen atoms in total. The van der Waals surface area contributed by atoms with Crippen LogP contribution in [0.2, 0.25) is 0 Å². The zero-order valence-corrected chi connectivity index (χ0v) is 20.6. The lowest BCUT2D eigenvalue weighted by Gasteiger charge is -2.24. The zero-order chi connectivity index (χ0) is 24.6. The van der Waals surface area contributed by atoms with Crippen molar-refractivity contribution in [3.63, 3.8) is 0 Å². The number of aromatic nitrogens is 1. The summed E-state index contributed by atoms with van der Waals surface area (Å²) in [5, 5.41) is 20.6. The highest BCUT2D eigenvalue weighted by Gasteiger charge is 2.42. The van der Waals surface area contributed by atoms with E-state index in [4.69, 9.17) is 16.6 Å². The van der Waals surface area contributed by atoms with Crippen molar-refractivity contribution in [1.82, 2.24) is 20.1 Å². The van der Waals surface area contributed by atoms with Gasteiger partial charge in [-0.25, -0.2) is 0 Å². The van der Waals surface area contributed by atoms with Crippen molar-refractivity contribution in [3.05, 3.63) is 71.0 Å². The number of likely N-dealkylation sites (tertiary alicyclic amines) is 2. The predicted molar refractivity (Wildman–Crippen MR) is 145 cm³/mol. The lowest BCUT2D eigenvalue weighted by atomic mass is 9.86. The number of aromatic amines is 1. The van der Waals surface area contributed by atoms with Crippen LogP contribution < -0.4 is 11.1 Å². The topological polar surface area (TPSA) is 108 Å². The molecule has 2 saturated heterocycles. The van der Waals surface area contributed by atoms with Gasteiger partial charge in [-0.3, -0.25) is 10.3 Å². The molecule has 0 saturated carbocycles. The SMILES string of the molecule is CN/C=C(\C=N)c1ccc(N)c(C(=N)c2cc3cc(CN4CCC5(CCN(C)C5)C4)ccc3[nH]2)c1. The number of benzene rings is 2. The Hall–Kier alpha value is -3.42. The van der Waals surface area contributed by atoms with Gasteiger partial charge in [-0.05, 0) is 79.9 Å². The van der Waals surface area contributed by atoms with Gasteiger partial charge in [0.1, 0.15) is 0 Å². The summed E-state index contributed by atoms with van der Waals surface area (Å²) in [5.41, 5.74) is 13.0. The number of nitrogen functional groups attached to an aromatic ring is 1. The molecule has 2 aliphatic heterocycles.